The molecule has 25 heavy (non-hydrogen) atoms. The van der Waals surface area contributed by atoms with Gasteiger partial charge >= 0.3 is 6.09 Å². The van der Waals surface area contributed by atoms with Crippen LogP contribution in [0.4, 0.5) is 10.7 Å². The standard InChI is InChI=1S/C18H17N3O4/c1-23-17(22)21-16-19-14-8-7-13(11-15(14)20-16)18(24-9-10-25-18)12-5-3-2-4-6-12/h2-8,11H,9-10H2,1H3,(H2,19,20,21,22). The molecule has 7 heteroatoms. The van der Waals surface area contributed by atoms with Crippen LogP contribution in [0.1, 0.15) is 11.1 Å². The van der Waals surface area contributed by atoms with Crippen LogP contribution in [-0.4, -0.2) is 36.4 Å². The molecule has 3 aromatic rings. The highest BCUT2D eigenvalue weighted by atomic mass is 16.7. The van der Waals surface area contributed by atoms with Gasteiger partial charge in [0.25, 0.3) is 0 Å². The minimum Gasteiger partial charge on any atom is -0.453 e. The summed E-state index contributed by atoms with van der Waals surface area (Å²) in [5.74, 6) is -0.614. The van der Waals surface area contributed by atoms with Gasteiger partial charge in [-0.15, -0.1) is 0 Å². The van der Waals surface area contributed by atoms with Crippen molar-refractivity contribution in [2.24, 2.45) is 0 Å². The van der Waals surface area contributed by atoms with Gasteiger partial charge in [0.05, 0.1) is 31.4 Å². The van der Waals surface area contributed by atoms with Gasteiger partial charge in [0.15, 0.2) is 0 Å². The molecular weight excluding hydrogens is 322 g/mol. The van der Waals surface area contributed by atoms with Crippen molar-refractivity contribution in [3.63, 3.8) is 0 Å². The molecule has 0 unspecified atom stereocenters. The molecule has 2 heterocycles. The molecule has 0 bridgehead atoms. The molecule has 0 atom stereocenters. The number of hydrogen-bond acceptors (Lipinski definition) is 5. The Labute approximate surface area is 143 Å². The second-order valence-electron chi connectivity index (χ2n) is 5.61. The summed E-state index contributed by atoms with van der Waals surface area (Å²) in [7, 11) is 1.30. The van der Waals surface area contributed by atoms with Crippen LogP contribution in [-0.2, 0) is 20.0 Å². The summed E-state index contributed by atoms with van der Waals surface area (Å²) in [6.45, 7) is 1.04. The van der Waals surface area contributed by atoms with E-state index in [1.807, 2.05) is 48.5 Å². The number of nitrogens with zero attached hydrogens (tertiary/aromatic N) is 1. The molecule has 7 nitrogen and oxygen atoms in total. The fraction of sp³-hybridized carbons (Fsp3) is 0.222. The number of amides is 1. The zero-order chi connectivity index (χ0) is 17.3. The molecule has 1 aliphatic heterocycles. The monoisotopic (exact) mass is 339 g/mol. The molecule has 1 saturated heterocycles. The van der Waals surface area contributed by atoms with Crippen LogP contribution in [0.5, 0.6) is 0 Å². The maximum absolute atomic E-state index is 11.3. The lowest BCUT2D eigenvalue weighted by atomic mass is 9.97. The maximum Gasteiger partial charge on any atom is 0.413 e. The summed E-state index contributed by atoms with van der Waals surface area (Å²) >= 11 is 0. The van der Waals surface area contributed by atoms with Crippen LogP contribution in [0.25, 0.3) is 11.0 Å². The summed E-state index contributed by atoms with van der Waals surface area (Å²) in [6, 6.07) is 15.5. The van der Waals surface area contributed by atoms with Gasteiger partial charge in [-0.2, -0.15) is 0 Å². The lowest BCUT2D eigenvalue weighted by Crippen LogP contribution is -2.28. The summed E-state index contributed by atoms with van der Waals surface area (Å²) in [5.41, 5.74) is 3.27. The van der Waals surface area contributed by atoms with E-state index in [0.29, 0.717) is 19.2 Å². The third-order valence-electron chi connectivity index (χ3n) is 4.12. The van der Waals surface area contributed by atoms with Crippen molar-refractivity contribution in [2.45, 2.75) is 5.79 Å². The maximum atomic E-state index is 11.3. The molecule has 0 saturated carbocycles. The van der Waals surface area contributed by atoms with Crippen LogP contribution in [0.3, 0.4) is 0 Å². The second-order valence-corrected chi connectivity index (χ2v) is 5.61. The number of nitrogens with one attached hydrogen (secondary N) is 2. The number of ether oxygens (including phenoxy) is 3. The SMILES string of the molecule is COC(=O)Nc1nc2ccc(C3(c4ccccc4)OCCO3)cc2[nH]1. The normalized spacial score (nSPS) is 16.0. The van der Waals surface area contributed by atoms with Crippen molar-refractivity contribution in [3.8, 4) is 0 Å². The smallest absolute Gasteiger partial charge is 0.413 e. The average molecular weight is 339 g/mol. The number of fused-ring (bicyclic) bond motifs is 1. The van der Waals surface area contributed by atoms with Gasteiger partial charge in [0.2, 0.25) is 11.7 Å². The number of rotatable bonds is 3. The Kier molecular flexibility index (Phi) is 3.87. The Hall–Kier alpha value is -2.90. The first-order chi connectivity index (χ1) is 12.2. The number of anilines is 1. The molecule has 0 aliphatic carbocycles. The largest absolute Gasteiger partial charge is 0.453 e. The molecule has 1 fully saturated rings. The molecule has 2 N–H and O–H groups in total. The van der Waals surface area contributed by atoms with E-state index in [-0.39, 0.29) is 0 Å². The van der Waals surface area contributed by atoms with Crippen LogP contribution >= 0.6 is 0 Å². The number of carbonyl (C=O) groups is 1. The van der Waals surface area contributed by atoms with Gasteiger partial charge in [-0.1, -0.05) is 36.4 Å². The highest BCUT2D eigenvalue weighted by molar-refractivity contribution is 5.86. The Balaban J connectivity index is 1.76. The summed E-state index contributed by atoms with van der Waals surface area (Å²) in [5, 5.41) is 2.52. The highest BCUT2D eigenvalue weighted by Crippen LogP contribution is 2.39. The van der Waals surface area contributed by atoms with Crippen molar-refractivity contribution in [2.75, 3.05) is 25.6 Å². The van der Waals surface area contributed by atoms with Crippen molar-refractivity contribution in [1.82, 2.24) is 9.97 Å². The molecule has 1 amide bonds. The van der Waals surface area contributed by atoms with Crippen LogP contribution < -0.4 is 5.32 Å². The van der Waals surface area contributed by atoms with Crippen molar-refractivity contribution in [1.29, 1.82) is 0 Å². The van der Waals surface area contributed by atoms with Gasteiger partial charge in [0.1, 0.15) is 0 Å². The van der Waals surface area contributed by atoms with Crippen molar-refractivity contribution >= 4 is 23.1 Å². The summed E-state index contributed by atoms with van der Waals surface area (Å²) in [4.78, 5) is 18.7. The van der Waals surface area contributed by atoms with Crippen LogP contribution in [0.2, 0.25) is 0 Å². The number of imidazole rings is 1. The molecule has 4 rings (SSSR count). The number of aromatic amines is 1. The predicted octanol–water partition coefficient (Wildman–Crippen LogP) is 2.99. The second kappa shape index (κ2) is 6.19. The van der Waals surface area contributed by atoms with Crippen molar-refractivity contribution < 1.29 is 19.0 Å². The Morgan fingerprint density at radius 1 is 1.16 bits per heavy atom. The highest BCUT2D eigenvalue weighted by Gasteiger charge is 2.40. The Bertz CT molecular complexity index is 901. The Morgan fingerprint density at radius 2 is 1.92 bits per heavy atom. The summed E-state index contributed by atoms with van der Waals surface area (Å²) < 4.78 is 16.6. The van der Waals surface area contributed by atoms with E-state index in [4.69, 9.17) is 9.47 Å². The average Bonchev–Trinajstić information content (AvgIpc) is 3.29. The first kappa shape index (κ1) is 15.6. The van der Waals surface area contributed by atoms with E-state index < -0.39 is 11.9 Å². The fourth-order valence-corrected chi connectivity index (χ4v) is 2.99. The van der Waals surface area contributed by atoms with Crippen molar-refractivity contribution in [3.05, 3.63) is 59.7 Å². The van der Waals surface area contributed by atoms with Gasteiger partial charge in [-0.25, -0.2) is 9.78 Å². The van der Waals surface area contributed by atoms with Gasteiger partial charge in [-0.05, 0) is 12.1 Å². The quantitative estimate of drug-likeness (QED) is 0.766. The number of hydrogen-bond donors (Lipinski definition) is 2. The lowest BCUT2D eigenvalue weighted by molar-refractivity contribution is -0.129. The third-order valence-corrected chi connectivity index (χ3v) is 4.12. The molecule has 0 spiro atoms. The number of benzene rings is 2. The molecule has 1 aliphatic rings. The number of carbonyl (C=O) groups excluding carboxylic acids is 1. The van der Waals surface area contributed by atoms with E-state index in [1.54, 1.807) is 0 Å². The van der Waals surface area contributed by atoms with E-state index in [9.17, 15) is 4.79 Å². The molecule has 128 valence electrons. The first-order valence-corrected chi connectivity index (χ1v) is 7.90. The molecular formula is C18H17N3O4. The van der Waals surface area contributed by atoms with E-state index in [1.165, 1.54) is 7.11 Å². The van der Waals surface area contributed by atoms with Crippen LogP contribution in [0, 0.1) is 0 Å². The molecule has 2 aromatic carbocycles. The minimum absolute atomic E-state index is 0.320. The van der Waals surface area contributed by atoms with Gasteiger partial charge in [0, 0.05) is 11.1 Å². The third kappa shape index (κ3) is 2.73. The number of aromatic nitrogens is 2. The lowest BCUT2D eigenvalue weighted by Gasteiger charge is -2.28. The predicted molar refractivity (Wildman–Crippen MR) is 91.2 cm³/mol. The zero-order valence-corrected chi connectivity index (χ0v) is 13.6. The minimum atomic E-state index is -0.934. The van der Waals surface area contributed by atoms with Crippen LogP contribution in [0.15, 0.2) is 48.5 Å². The van der Waals surface area contributed by atoms with E-state index in [2.05, 4.69) is 20.0 Å². The molecule has 1 aromatic heterocycles. The topological polar surface area (TPSA) is 85.5 Å². The first-order valence-electron chi connectivity index (χ1n) is 7.90. The van der Waals surface area contributed by atoms with E-state index in [0.717, 1.165) is 22.2 Å². The van der Waals surface area contributed by atoms with E-state index >= 15 is 0 Å². The van der Waals surface area contributed by atoms with Gasteiger partial charge < -0.3 is 19.2 Å². The molecule has 0 radical (unpaired) electrons. The number of H-pyrrole nitrogens is 1. The number of methoxy groups -OCH3 is 1. The van der Waals surface area contributed by atoms with Gasteiger partial charge in [-0.3, -0.25) is 5.32 Å². The zero-order valence-electron chi connectivity index (χ0n) is 13.6. The Morgan fingerprint density at radius 3 is 2.64 bits per heavy atom. The fourth-order valence-electron chi connectivity index (χ4n) is 2.99. The summed E-state index contributed by atoms with van der Waals surface area (Å²) in [6.07, 6.45) is -0.581.